The maximum absolute atomic E-state index is 12.2. The summed E-state index contributed by atoms with van der Waals surface area (Å²) in [5, 5.41) is 2.88. The molecule has 0 spiro atoms. The molecule has 0 aromatic heterocycles. The lowest BCUT2D eigenvalue weighted by atomic mass is 10.0. The van der Waals surface area contributed by atoms with Gasteiger partial charge in [-0.25, -0.2) is 12.7 Å². The molecule has 0 bridgehead atoms. The molecule has 27 heavy (non-hydrogen) atoms. The second kappa shape index (κ2) is 9.01. The Hall–Kier alpha value is -2.38. The molecule has 0 aliphatic heterocycles. The number of sulfonamides is 1. The van der Waals surface area contributed by atoms with Crippen molar-refractivity contribution in [2.75, 3.05) is 25.2 Å². The molecule has 0 saturated carbocycles. The Morgan fingerprint density at radius 1 is 1.11 bits per heavy atom. The van der Waals surface area contributed by atoms with Crippen LogP contribution in [-0.2, 0) is 21.4 Å². The van der Waals surface area contributed by atoms with Crippen LogP contribution in [0.15, 0.2) is 48.5 Å². The van der Waals surface area contributed by atoms with Crippen LogP contribution in [0, 0.1) is 0 Å². The second-order valence-electron chi connectivity index (χ2n) is 6.74. The van der Waals surface area contributed by atoms with E-state index in [2.05, 4.69) is 19.2 Å². The van der Waals surface area contributed by atoms with Crippen LogP contribution in [0.2, 0.25) is 0 Å². The number of nitrogens with zero attached hydrogens (tertiary/aromatic N) is 1. The number of rotatable bonds is 8. The topological polar surface area (TPSA) is 75.7 Å². The van der Waals surface area contributed by atoms with E-state index in [9.17, 15) is 13.2 Å². The van der Waals surface area contributed by atoms with Gasteiger partial charge in [0.05, 0.1) is 6.26 Å². The standard InChI is InChI=1S/C20H26N2O4S/c1-15(2)18-7-5-6-8-19(18)21-20(23)14-26-17-11-9-16(10-12-17)13-22(3)27(4,24)25/h5-12,15H,13-14H2,1-4H3,(H,21,23). The van der Waals surface area contributed by atoms with Crippen molar-refractivity contribution in [1.82, 2.24) is 4.31 Å². The maximum Gasteiger partial charge on any atom is 0.262 e. The van der Waals surface area contributed by atoms with Crippen molar-refractivity contribution in [1.29, 1.82) is 0 Å². The van der Waals surface area contributed by atoms with Crippen LogP contribution in [0.25, 0.3) is 0 Å². The Balaban J connectivity index is 1.90. The van der Waals surface area contributed by atoms with Crippen LogP contribution in [-0.4, -0.2) is 38.5 Å². The van der Waals surface area contributed by atoms with Crippen molar-refractivity contribution in [3.8, 4) is 5.75 Å². The molecule has 1 N–H and O–H groups in total. The summed E-state index contributed by atoms with van der Waals surface area (Å²) in [7, 11) is -1.70. The molecule has 7 heteroatoms. The lowest BCUT2D eigenvalue weighted by Gasteiger charge is -2.15. The van der Waals surface area contributed by atoms with Gasteiger partial charge >= 0.3 is 0 Å². The van der Waals surface area contributed by atoms with E-state index in [1.165, 1.54) is 17.6 Å². The normalized spacial score (nSPS) is 11.6. The van der Waals surface area contributed by atoms with Crippen molar-refractivity contribution in [3.63, 3.8) is 0 Å². The van der Waals surface area contributed by atoms with Gasteiger partial charge in [-0.05, 0) is 35.2 Å². The molecule has 0 aliphatic carbocycles. The first-order valence-corrected chi connectivity index (χ1v) is 10.5. The summed E-state index contributed by atoms with van der Waals surface area (Å²) >= 11 is 0. The second-order valence-corrected chi connectivity index (χ2v) is 8.83. The molecule has 0 heterocycles. The van der Waals surface area contributed by atoms with Gasteiger partial charge in [-0.2, -0.15) is 0 Å². The summed E-state index contributed by atoms with van der Waals surface area (Å²) in [6.45, 7) is 4.33. The summed E-state index contributed by atoms with van der Waals surface area (Å²) in [6.07, 6.45) is 1.17. The van der Waals surface area contributed by atoms with Gasteiger partial charge in [0.15, 0.2) is 6.61 Å². The van der Waals surface area contributed by atoms with E-state index in [0.717, 1.165) is 16.8 Å². The molecular formula is C20H26N2O4S. The lowest BCUT2D eigenvalue weighted by Crippen LogP contribution is -2.24. The molecule has 0 aliphatic rings. The van der Waals surface area contributed by atoms with Crippen molar-refractivity contribution in [2.24, 2.45) is 0 Å². The van der Waals surface area contributed by atoms with Gasteiger partial charge < -0.3 is 10.1 Å². The highest BCUT2D eigenvalue weighted by atomic mass is 32.2. The van der Waals surface area contributed by atoms with E-state index in [-0.39, 0.29) is 19.1 Å². The highest BCUT2D eigenvalue weighted by molar-refractivity contribution is 7.88. The number of carbonyl (C=O) groups is 1. The third kappa shape index (κ3) is 6.37. The van der Waals surface area contributed by atoms with E-state index in [1.54, 1.807) is 24.3 Å². The number of ether oxygens (including phenoxy) is 1. The number of hydrogen-bond acceptors (Lipinski definition) is 4. The summed E-state index contributed by atoms with van der Waals surface area (Å²) < 4.78 is 29.7. The first kappa shape index (κ1) is 20.9. The first-order valence-electron chi connectivity index (χ1n) is 8.68. The van der Waals surface area contributed by atoms with Gasteiger partial charge in [0.1, 0.15) is 5.75 Å². The summed E-state index contributed by atoms with van der Waals surface area (Å²) in [6, 6.07) is 14.7. The highest BCUT2D eigenvalue weighted by Gasteiger charge is 2.12. The number of anilines is 1. The minimum atomic E-state index is -3.22. The number of hydrogen-bond donors (Lipinski definition) is 1. The van der Waals surface area contributed by atoms with Gasteiger partial charge in [-0.15, -0.1) is 0 Å². The van der Waals surface area contributed by atoms with E-state index >= 15 is 0 Å². The highest BCUT2D eigenvalue weighted by Crippen LogP contribution is 2.23. The molecule has 6 nitrogen and oxygen atoms in total. The van der Waals surface area contributed by atoms with Crippen molar-refractivity contribution in [3.05, 3.63) is 59.7 Å². The van der Waals surface area contributed by atoms with Crippen molar-refractivity contribution < 1.29 is 17.9 Å². The molecule has 2 aromatic rings. The predicted octanol–water partition coefficient (Wildman–Crippen LogP) is 3.22. The number of amides is 1. The fourth-order valence-corrected chi connectivity index (χ4v) is 2.90. The molecule has 146 valence electrons. The van der Waals surface area contributed by atoms with Crippen LogP contribution in [0.5, 0.6) is 5.75 Å². The van der Waals surface area contributed by atoms with E-state index in [0.29, 0.717) is 11.7 Å². The summed E-state index contributed by atoms with van der Waals surface area (Å²) in [5.41, 5.74) is 2.70. The fraction of sp³-hybridized carbons (Fsp3) is 0.350. The third-order valence-corrected chi connectivity index (χ3v) is 5.38. The van der Waals surface area contributed by atoms with Crippen LogP contribution < -0.4 is 10.1 Å². The van der Waals surface area contributed by atoms with Gasteiger partial charge in [0, 0.05) is 19.3 Å². The van der Waals surface area contributed by atoms with E-state index < -0.39 is 10.0 Å². The molecule has 0 unspecified atom stereocenters. The molecule has 2 rings (SSSR count). The van der Waals surface area contributed by atoms with Crippen LogP contribution >= 0.6 is 0 Å². The Labute approximate surface area is 161 Å². The molecule has 0 fully saturated rings. The minimum absolute atomic E-state index is 0.102. The Morgan fingerprint density at radius 3 is 2.33 bits per heavy atom. The predicted molar refractivity (Wildman–Crippen MR) is 107 cm³/mol. The van der Waals surface area contributed by atoms with Crippen molar-refractivity contribution in [2.45, 2.75) is 26.3 Å². The van der Waals surface area contributed by atoms with Crippen LogP contribution in [0.3, 0.4) is 0 Å². The number of nitrogens with one attached hydrogen (secondary N) is 1. The van der Waals surface area contributed by atoms with Crippen LogP contribution in [0.1, 0.15) is 30.9 Å². The summed E-state index contributed by atoms with van der Waals surface area (Å²) in [5.74, 6) is 0.622. The SMILES string of the molecule is CC(C)c1ccccc1NC(=O)COc1ccc(CN(C)S(C)(=O)=O)cc1. The monoisotopic (exact) mass is 390 g/mol. The van der Waals surface area contributed by atoms with Gasteiger partial charge in [-0.3, -0.25) is 4.79 Å². The average Bonchev–Trinajstić information content (AvgIpc) is 2.60. The van der Waals surface area contributed by atoms with E-state index in [1.807, 2.05) is 24.3 Å². The number of benzene rings is 2. The van der Waals surface area contributed by atoms with Crippen molar-refractivity contribution >= 4 is 21.6 Å². The Morgan fingerprint density at radius 2 is 1.74 bits per heavy atom. The maximum atomic E-state index is 12.2. The fourth-order valence-electron chi connectivity index (χ4n) is 2.51. The largest absolute Gasteiger partial charge is 0.484 e. The quantitative estimate of drug-likeness (QED) is 0.751. The molecule has 0 atom stereocenters. The zero-order chi connectivity index (χ0) is 20.0. The van der Waals surface area contributed by atoms with Gasteiger partial charge in [0.25, 0.3) is 5.91 Å². The molecular weight excluding hydrogens is 364 g/mol. The first-order chi connectivity index (χ1) is 12.7. The number of para-hydroxylation sites is 1. The zero-order valence-electron chi connectivity index (χ0n) is 16.1. The number of carbonyl (C=O) groups excluding carboxylic acids is 1. The average molecular weight is 391 g/mol. The smallest absolute Gasteiger partial charge is 0.262 e. The molecule has 1 amide bonds. The third-order valence-electron chi connectivity index (χ3n) is 4.12. The molecule has 0 radical (unpaired) electrons. The molecule has 2 aromatic carbocycles. The van der Waals surface area contributed by atoms with E-state index in [4.69, 9.17) is 4.74 Å². The summed E-state index contributed by atoms with van der Waals surface area (Å²) in [4.78, 5) is 12.2. The Kier molecular flexibility index (Phi) is 6.98. The van der Waals surface area contributed by atoms with Gasteiger partial charge in [0.2, 0.25) is 10.0 Å². The minimum Gasteiger partial charge on any atom is -0.484 e. The Bertz CT molecular complexity index is 877. The molecule has 0 saturated heterocycles. The lowest BCUT2D eigenvalue weighted by molar-refractivity contribution is -0.118. The van der Waals surface area contributed by atoms with Gasteiger partial charge in [-0.1, -0.05) is 44.2 Å². The van der Waals surface area contributed by atoms with Crippen LogP contribution in [0.4, 0.5) is 5.69 Å². The zero-order valence-corrected chi connectivity index (χ0v) is 16.9.